The molecule has 0 radical (unpaired) electrons. The molecule has 2 aliphatic rings. The number of nitrogens with zero attached hydrogens (tertiary/aromatic N) is 2. The van der Waals surface area contributed by atoms with Crippen LogP contribution >= 0.6 is 15.9 Å². The summed E-state index contributed by atoms with van der Waals surface area (Å²) in [5, 5.41) is 3.23. The van der Waals surface area contributed by atoms with Gasteiger partial charge in [-0.1, -0.05) is 12.1 Å². The third-order valence-corrected chi connectivity index (χ3v) is 4.72. The Morgan fingerprint density at radius 3 is 2.67 bits per heavy atom. The lowest BCUT2D eigenvalue weighted by molar-refractivity contribution is -0.136. The van der Waals surface area contributed by atoms with Gasteiger partial charge in [0.2, 0.25) is 11.8 Å². The van der Waals surface area contributed by atoms with Crippen LogP contribution in [-0.2, 0) is 9.59 Å². The molecule has 2 saturated heterocycles. The topological polar surface area (TPSA) is 52.7 Å². The average molecular weight is 352 g/mol. The second kappa shape index (κ2) is 6.15. The van der Waals surface area contributed by atoms with Crippen molar-refractivity contribution in [3.05, 3.63) is 28.7 Å². The molecule has 1 unspecified atom stereocenters. The van der Waals surface area contributed by atoms with Crippen molar-refractivity contribution < 1.29 is 9.59 Å². The first-order valence-electron chi connectivity index (χ1n) is 7.21. The van der Waals surface area contributed by atoms with Crippen LogP contribution in [0.25, 0.3) is 0 Å². The first-order valence-corrected chi connectivity index (χ1v) is 8.00. The van der Waals surface area contributed by atoms with Crippen molar-refractivity contribution in [1.29, 1.82) is 0 Å². The minimum absolute atomic E-state index is 0.0235. The minimum Gasteiger partial charge on any atom is -0.340 e. The van der Waals surface area contributed by atoms with Gasteiger partial charge in [-0.15, -0.1) is 0 Å². The molecule has 5 nitrogen and oxygen atoms in total. The molecule has 21 heavy (non-hydrogen) atoms. The Kier molecular flexibility index (Phi) is 4.26. The molecule has 0 aliphatic carbocycles. The summed E-state index contributed by atoms with van der Waals surface area (Å²) >= 11 is 3.47. The van der Waals surface area contributed by atoms with E-state index in [0.29, 0.717) is 13.0 Å². The van der Waals surface area contributed by atoms with Crippen LogP contribution in [0.1, 0.15) is 6.42 Å². The zero-order valence-corrected chi connectivity index (χ0v) is 13.3. The predicted molar refractivity (Wildman–Crippen MR) is 84.1 cm³/mol. The predicted octanol–water partition coefficient (Wildman–Crippen LogP) is 1.23. The molecule has 0 bridgehead atoms. The molecule has 2 amide bonds. The van der Waals surface area contributed by atoms with Crippen LogP contribution in [0.2, 0.25) is 0 Å². The summed E-state index contributed by atoms with van der Waals surface area (Å²) in [5.41, 5.74) is 0.845. The smallest absolute Gasteiger partial charge is 0.228 e. The van der Waals surface area contributed by atoms with E-state index in [1.54, 1.807) is 4.90 Å². The van der Waals surface area contributed by atoms with Crippen molar-refractivity contribution in [2.24, 2.45) is 5.92 Å². The first-order chi connectivity index (χ1) is 10.2. The van der Waals surface area contributed by atoms with Gasteiger partial charge in [0.05, 0.1) is 11.6 Å². The Bertz CT molecular complexity index is 558. The van der Waals surface area contributed by atoms with E-state index in [1.807, 2.05) is 29.2 Å². The van der Waals surface area contributed by atoms with Gasteiger partial charge < -0.3 is 15.1 Å². The number of hydrogen-bond acceptors (Lipinski definition) is 3. The lowest BCUT2D eigenvalue weighted by Gasteiger charge is -2.29. The summed E-state index contributed by atoms with van der Waals surface area (Å²) in [6, 6.07) is 7.63. The Morgan fingerprint density at radius 2 is 1.95 bits per heavy atom. The molecule has 1 atom stereocenters. The number of carbonyl (C=O) groups excluding carboxylic acids is 2. The van der Waals surface area contributed by atoms with E-state index in [-0.39, 0.29) is 17.7 Å². The van der Waals surface area contributed by atoms with Crippen molar-refractivity contribution in [1.82, 2.24) is 10.2 Å². The lowest BCUT2D eigenvalue weighted by atomic mass is 10.1. The molecule has 3 rings (SSSR count). The zero-order valence-electron chi connectivity index (χ0n) is 11.7. The average Bonchev–Trinajstić information content (AvgIpc) is 2.90. The fourth-order valence-electron chi connectivity index (χ4n) is 2.92. The number of piperazine rings is 1. The molecular formula is C15H18BrN3O2. The molecule has 112 valence electrons. The van der Waals surface area contributed by atoms with Gasteiger partial charge in [-0.2, -0.15) is 0 Å². The van der Waals surface area contributed by atoms with Gasteiger partial charge in [0, 0.05) is 43.6 Å². The number of carbonyl (C=O) groups is 2. The highest BCUT2D eigenvalue weighted by molar-refractivity contribution is 9.10. The van der Waals surface area contributed by atoms with Crippen molar-refractivity contribution >= 4 is 33.4 Å². The summed E-state index contributed by atoms with van der Waals surface area (Å²) in [7, 11) is 0. The third-order valence-electron chi connectivity index (χ3n) is 4.05. The Labute approximate surface area is 132 Å². The highest BCUT2D eigenvalue weighted by atomic mass is 79.9. The van der Waals surface area contributed by atoms with Crippen LogP contribution in [0.4, 0.5) is 5.69 Å². The molecule has 1 N–H and O–H groups in total. The Morgan fingerprint density at radius 1 is 1.24 bits per heavy atom. The van der Waals surface area contributed by atoms with Crippen molar-refractivity contribution in [2.45, 2.75) is 6.42 Å². The standard InChI is InChI=1S/C15H18BrN3O2/c16-12-3-1-2-4-13(12)19-10-11(9-14(19)20)15(21)18-7-5-17-6-8-18/h1-4,11,17H,5-10H2. The number of nitrogens with one attached hydrogen (secondary N) is 1. The van der Waals surface area contributed by atoms with E-state index in [9.17, 15) is 9.59 Å². The number of halogens is 1. The van der Waals surface area contributed by atoms with E-state index in [1.165, 1.54) is 0 Å². The van der Waals surface area contributed by atoms with Gasteiger partial charge in [0.25, 0.3) is 0 Å². The second-order valence-electron chi connectivity index (χ2n) is 5.43. The number of benzene rings is 1. The summed E-state index contributed by atoms with van der Waals surface area (Å²) in [6.07, 6.45) is 0.310. The van der Waals surface area contributed by atoms with E-state index in [0.717, 1.165) is 36.3 Å². The number of anilines is 1. The molecule has 1 aromatic carbocycles. The quantitative estimate of drug-likeness (QED) is 0.871. The van der Waals surface area contributed by atoms with E-state index < -0.39 is 0 Å². The maximum absolute atomic E-state index is 12.5. The first kappa shape index (κ1) is 14.5. The lowest BCUT2D eigenvalue weighted by Crippen LogP contribution is -2.48. The third kappa shape index (κ3) is 2.96. The Hall–Kier alpha value is -1.40. The maximum Gasteiger partial charge on any atom is 0.228 e. The van der Waals surface area contributed by atoms with Gasteiger partial charge >= 0.3 is 0 Å². The summed E-state index contributed by atoms with van der Waals surface area (Å²) in [6.45, 7) is 3.61. The minimum atomic E-state index is -0.220. The van der Waals surface area contributed by atoms with Gasteiger partial charge in [-0.25, -0.2) is 0 Å². The molecule has 6 heteroatoms. The van der Waals surface area contributed by atoms with Crippen molar-refractivity contribution in [3.8, 4) is 0 Å². The van der Waals surface area contributed by atoms with E-state index in [4.69, 9.17) is 0 Å². The van der Waals surface area contributed by atoms with Crippen LogP contribution in [0.3, 0.4) is 0 Å². The molecule has 0 saturated carbocycles. The van der Waals surface area contributed by atoms with E-state index >= 15 is 0 Å². The number of para-hydroxylation sites is 1. The monoisotopic (exact) mass is 351 g/mol. The SMILES string of the molecule is O=C(C1CC(=O)N(c2ccccc2Br)C1)N1CCNCC1. The molecule has 0 aromatic heterocycles. The fraction of sp³-hybridized carbons (Fsp3) is 0.467. The van der Waals surface area contributed by atoms with Crippen LogP contribution in [0.15, 0.2) is 28.7 Å². The highest BCUT2D eigenvalue weighted by Crippen LogP contribution is 2.31. The van der Waals surface area contributed by atoms with Gasteiger partial charge in [-0.05, 0) is 28.1 Å². The van der Waals surface area contributed by atoms with Crippen LogP contribution < -0.4 is 10.2 Å². The normalized spacial score (nSPS) is 22.7. The molecule has 1 aromatic rings. The largest absolute Gasteiger partial charge is 0.340 e. The summed E-state index contributed by atoms with van der Waals surface area (Å²) in [5.74, 6) is -0.0857. The summed E-state index contributed by atoms with van der Waals surface area (Å²) in [4.78, 5) is 28.4. The number of amides is 2. The molecule has 2 heterocycles. The van der Waals surface area contributed by atoms with Gasteiger partial charge in [-0.3, -0.25) is 9.59 Å². The van der Waals surface area contributed by atoms with Gasteiger partial charge in [0.1, 0.15) is 0 Å². The Balaban J connectivity index is 1.72. The van der Waals surface area contributed by atoms with Crippen molar-refractivity contribution in [2.75, 3.05) is 37.6 Å². The number of hydrogen-bond donors (Lipinski definition) is 1. The van der Waals surface area contributed by atoms with Gasteiger partial charge in [0.15, 0.2) is 0 Å². The van der Waals surface area contributed by atoms with Crippen LogP contribution in [0.5, 0.6) is 0 Å². The summed E-state index contributed by atoms with van der Waals surface area (Å²) < 4.78 is 0.883. The second-order valence-corrected chi connectivity index (χ2v) is 6.29. The van der Waals surface area contributed by atoms with E-state index in [2.05, 4.69) is 21.2 Å². The van der Waals surface area contributed by atoms with Crippen molar-refractivity contribution in [3.63, 3.8) is 0 Å². The zero-order chi connectivity index (χ0) is 14.8. The molecule has 0 spiro atoms. The van der Waals surface area contributed by atoms with Crippen LogP contribution in [0, 0.1) is 5.92 Å². The molecular weight excluding hydrogens is 334 g/mol. The fourth-order valence-corrected chi connectivity index (χ4v) is 3.42. The molecule has 2 aliphatic heterocycles. The number of rotatable bonds is 2. The van der Waals surface area contributed by atoms with Crippen LogP contribution in [-0.4, -0.2) is 49.4 Å². The highest BCUT2D eigenvalue weighted by Gasteiger charge is 2.37. The molecule has 2 fully saturated rings. The maximum atomic E-state index is 12.5.